The summed E-state index contributed by atoms with van der Waals surface area (Å²) in [5.74, 6) is 1.70. The van der Waals surface area contributed by atoms with E-state index in [-0.39, 0.29) is 0 Å². The Morgan fingerprint density at radius 3 is 1.95 bits per heavy atom. The van der Waals surface area contributed by atoms with Gasteiger partial charge in [-0.25, -0.2) is 0 Å². The van der Waals surface area contributed by atoms with E-state index in [2.05, 4.69) is 63.7 Å². The fourth-order valence-corrected chi connectivity index (χ4v) is 4.30. The van der Waals surface area contributed by atoms with Crippen LogP contribution in [-0.2, 0) is 0 Å². The summed E-state index contributed by atoms with van der Waals surface area (Å²) in [6.45, 7) is 0. The molecule has 2 rings (SSSR count). The molecule has 20 heavy (non-hydrogen) atoms. The van der Waals surface area contributed by atoms with Crippen LogP contribution < -0.4 is 15.2 Å². The standard InChI is InChI=1S/C13H9Br4NO2/c1-19-13-9(17)3-7(15)5-11(13)20-12-8(16)2-6(14)4-10(12)18/h2-5H,18H2,1H3. The Balaban J connectivity index is 2.50. The van der Waals surface area contributed by atoms with Gasteiger partial charge >= 0.3 is 0 Å². The molecular formula is C13H9Br4NO2. The summed E-state index contributed by atoms with van der Waals surface area (Å²) in [6.07, 6.45) is 0. The van der Waals surface area contributed by atoms with Crippen LogP contribution in [-0.4, -0.2) is 7.11 Å². The number of methoxy groups -OCH3 is 1. The zero-order valence-corrected chi connectivity index (χ0v) is 16.6. The van der Waals surface area contributed by atoms with E-state index in [0.717, 1.165) is 17.9 Å². The van der Waals surface area contributed by atoms with Crippen molar-refractivity contribution in [3.63, 3.8) is 0 Å². The largest absolute Gasteiger partial charge is 0.492 e. The van der Waals surface area contributed by atoms with Crippen molar-refractivity contribution < 1.29 is 9.47 Å². The maximum Gasteiger partial charge on any atom is 0.175 e. The monoisotopic (exact) mass is 527 g/mol. The molecule has 0 saturated carbocycles. The fourth-order valence-electron chi connectivity index (χ4n) is 1.61. The summed E-state index contributed by atoms with van der Waals surface area (Å²) >= 11 is 13.7. The van der Waals surface area contributed by atoms with E-state index in [0.29, 0.717) is 22.9 Å². The van der Waals surface area contributed by atoms with Crippen LogP contribution >= 0.6 is 63.7 Å². The van der Waals surface area contributed by atoms with E-state index in [4.69, 9.17) is 15.2 Å². The predicted molar refractivity (Wildman–Crippen MR) is 94.7 cm³/mol. The van der Waals surface area contributed by atoms with Crippen molar-refractivity contribution in [2.45, 2.75) is 0 Å². The summed E-state index contributed by atoms with van der Waals surface area (Å²) < 4.78 is 14.5. The lowest BCUT2D eigenvalue weighted by Gasteiger charge is -2.15. The van der Waals surface area contributed by atoms with Crippen LogP contribution in [0.1, 0.15) is 0 Å². The van der Waals surface area contributed by atoms with E-state index in [9.17, 15) is 0 Å². The van der Waals surface area contributed by atoms with Crippen molar-refractivity contribution in [2.75, 3.05) is 12.8 Å². The molecule has 3 nitrogen and oxygen atoms in total. The number of nitrogen functional groups attached to an aromatic ring is 1. The van der Waals surface area contributed by atoms with Crippen molar-refractivity contribution in [1.29, 1.82) is 0 Å². The summed E-state index contributed by atoms with van der Waals surface area (Å²) in [6, 6.07) is 7.34. The van der Waals surface area contributed by atoms with Gasteiger partial charge in [-0.2, -0.15) is 0 Å². The molecule has 0 aliphatic carbocycles. The highest BCUT2D eigenvalue weighted by Gasteiger charge is 2.15. The molecule has 0 aromatic heterocycles. The molecule has 0 radical (unpaired) electrons. The molecule has 0 saturated heterocycles. The SMILES string of the molecule is COc1c(Br)cc(Br)cc1Oc1c(N)cc(Br)cc1Br. The van der Waals surface area contributed by atoms with Crippen molar-refractivity contribution in [3.05, 3.63) is 42.2 Å². The average Bonchev–Trinajstić information content (AvgIpc) is 2.33. The highest BCUT2D eigenvalue weighted by Crippen LogP contribution is 2.44. The molecule has 106 valence electrons. The molecule has 0 spiro atoms. The highest BCUT2D eigenvalue weighted by atomic mass is 79.9. The van der Waals surface area contributed by atoms with Gasteiger partial charge in [0.2, 0.25) is 0 Å². The Kier molecular flexibility index (Phi) is 5.39. The van der Waals surface area contributed by atoms with Gasteiger partial charge in [0.15, 0.2) is 17.2 Å². The molecule has 0 bridgehead atoms. The fraction of sp³-hybridized carbons (Fsp3) is 0.0769. The summed E-state index contributed by atoms with van der Waals surface area (Å²) in [5.41, 5.74) is 6.51. The van der Waals surface area contributed by atoms with Crippen LogP contribution in [0.15, 0.2) is 42.2 Å². The predicted octanol–water partition coefficient (Wildman–Crippen LogP) is 6.12. The number of ether oxygens (including phenoxy) is 2. The van der Waals surface area contributed by atoms with Crippen molar-refractivity contribution in [2.24, 2.45) is 0 Å². The Morgan fingerprint density at radius 2 is 1.40 bits per heavy atom. The summed E-state index contributed by atoms with van der Waals surface area (Å²) in [4.78, 5) is 0. The van der Waals surface area contributed by atoms with E-state index in [1.54, 1.807) is 13.2 Å². The molecule has 2 N–H and O–H groups in total. The molecule has 0 unspecified atom stereocenters. The molecule has 2 aromatic carbocycles. The molecular weight excluding hydrogens is 522 g/mol. The zero-order chi connectivity index (χ0) is 14.9. The number of benzene rings is 2. The lowest BCUT2D eigenvalue weighted by Crippen LogP contribution is -1.96. The molecule has 0 heterocycles. The third-order valence-corrected chi connectivity index (χ3v) is 4.52. The molecule has 0 atom stereocenters. The molecule has 2 aromatic rings. The maximum absolute atomic E-state index is 5.99. The first-order valence-corrected chi connectivity index (χ1v) is 8.55. The number of anilines is 1. The molecule has 0 aliphatic heterocycles. The van der Waals surface area contributed by atoms with Gasteiger partial charge in [-0.3, -0.25) is 0 Å². The van der Waals surface area contributed by atoms with Gasteiger partial charge in [-0.1, -0.05) is 31.9 Å². The van der Waals surface area contributed by atoms with Gasteiger partial charge in [0.1, 0.15) is 0 Å². The van der Waals surface area contributed by atoms with Crippen LogP contribution in [0.4, 0.5) is 5.69 Å². The van der Waals surface area contributed by atoms with E-state index < -0.39 is 0 Å². The Hall–Kier alpha value is -0.240. The van der Waals surface area contributed by atoms with Crippen LogP contribution in [0.3, 0.4) is 0 Å². The van der Waals surface area contributed by atoms with Crippen LogP contribution in [0.5, 0.6) is 17.2 Å². The molecule has 7 heteroatoms. The first-order valence-electron chi connectivity index (χ1n) is 5.37. The quantitative estimate of drug-likeness (QED) is 0.486. The lowest BCUT2D eigenvalue weighted by molar-refractivity contribution is 0.376. The topological polar surface area (TPSA) is 44.5 Å². The van der Waals surface area contributed by atoms with Crippen molar-refractivity contribution in [1.82, 2.24) is 0 Å². The van der Waals surface area contributed by atoms with Gasteiger partial charge in [-0.05, 0) is 56.1 Å². The van der Waals surface area contributed by atoms with Gasteiger partial charge in [0.05, 0.1) is 21.7 Å². The smallest absolute Gasteiger partial charge is 0.175 e. The van der Waals surface area contributed by atoms with Crippen LogP contribution in [0.25, 0.3) is 0 Å². The zero-order valence-electron chi connectivity index (χ0n) is 10.2. The van der Waals surface area contributed by atoms with Gasteiger partial charge < -0.3 is 15.2 Å². The second-order valence-electron chi connectivity index (χ2n) is 3.83. The summed E-state index contributed by atoms with van der Waals surface area (Å²) in [7, 11) is 1.58. The molecule has 0 aliphatic rings. The van der Waals surface area contributed by atoms with E-state index in [1.165, 1.54) is 0 Å². The molecule has 0 amide bonds. The Morgan fingerprint density at radius 1 is 0.850 bits per heavy atom. The van der Waals surface area contributed by atoms with E-state index in [1.807, 2.05) is 18.2 Å². The Bertz CT molecular complexity index is 638. The minimum absolute atomic E-state index is 0.518. The van der Waals surface area contributed by atoms with E-state index >= 15 is 0 Å². The first-order chi connectivity index (χ1) is 9.42. The maximum atomic E-state index is 5.99. The minimum Gasteiger partial charge on any atom is -0.492 e. The third kappa shape index (κ3) is 3.50. The average molecular weight is 531 g/mol. The van der Waals surface area contributed by atoms with Gasteiger partial charge in [0.25, 0.3) is 0 Å². The van der Waals surface area contributed by atoms with Crippen LogP contribution in [0.2, 0.25) is 0 Å². The molecule has 0 fully saturated rings. The number of nitrogens with two attached hydrogens (primary N) is 1. The van der Waals surface area contributed by atoms with Crippen LogP contribution in [0, 0.1) is 0 Å². The highest BCUT2D eigenvalue weighted by molar-refractivity contribution is 9.11. The normalized spacial score (nSPS) is 10.4. The third-order valence-electron chi connectivity index (χ3n) is 2.43. The number of hydrogen-bond acceptors (Lipinski definition) is 3. The number of halogens is 4. The minimum atomic E-state index is 0.518. The number of rotatable bonds is 3. The number of hydrogen-bond donors (Lipinski definition) is 1. The van der Waals surface area contributed by atoms with Crippen molar-refractivity contribution in [3.8, 4) is 17.2 Å². The van der Waals surface area contributed by atoms with Gasteiger partial charge in [-0.15, -0.1) is 0 Å². The lowest BCUT2D eigenvalue weighted by atomic mass is 10.3. The second kappa shape index (κ2) is 6.68. The summed E-state index contributed by atoms with van der Waals surface area (Å²) in [5, 5.41) is 0. The van der Waals surface area contributed by atoms with Gasteiger partial charge in [0, 0.05) is 8.95 Å². The second-order valence-corrected chi connectivity index (χ2v) is 7.37. The van der Waals surface area contributed by atoms with Crippen molar-refractivity contribution >= 4 is 69.4 Å². The Labute approximate surface area is 150 Å². The first kappa shape index (κ1) is 16.1.